The molecular formula is C22H33IN4O3. The smallest absolute Gasteiger partial charge is 0.251 e. The van der Waals surface area contributed by atoms with Crippen LogP contribution in [-0.2, 0) is 12.1 Å². The second-order valence-electron chi connectivity index (χ2n) is 7.19. The third kappa shape index (κ3) is 7.98. The number of rotatable bonds is 9. The van der Waals surface area contributed by atoms with E-state index in [0.29, 0.717) is 36.9 Å². The van der Waals surface area contributed by atoms with Crippen LogP contribution in [0.5, 0.6) is 0 Å². The molecule has 7 nitrogen and oxygen atoms in total. The molecular weight excluding hydrogens is 495 g/mol. The van der Waals surface area contributed by atoms with Crippen LogP contribution >= 0.6 is 24.0 Å². The SMILES string of the molecule is CCCNC(=O)c1cccc(CN=C(NCC)NCC(C)(O)c2ccc(C)o2)c1.I. The van der Waals surface area contributed by atoms with E-state index in [1.54, 1.807) is 19.1 Å². The Hall–Kier alpha value is -2.07. The molecule has 30 heavy (non-hydrogen) atoms. The maximum absolute atomic E-state index is 12.1. The average molecular weight is 528 g/mol. The van der Waals surface area contributed by atoms with Crippen LogP contribution in [0.15, 0.2) is 45.8 Å². The minimum Gasteiger partial charge on any atom is -0.463 e. The number of furan rings is 1. The molecule has 0 saturated carbocycles. The summed E-state index contributed by atoms with van der Waals surface area (Å²) in [6, 6.07) is 11.0. The molecule has 2 aromatic rings. The Bertz CT molecular complexity index is 833. The van der Waals surface area contributed by atoms with E-state index in [4.69, 9.17) is 4.42 Å². The van der Waals surface area contributed by atoms with Crippen molar-refractivity contribution in [2.75, 3.05) is 19.6 Å². The van der Waals surface area contributed by atoms with E-state index in [2.05, 4.69) is 20.9 Å². The lowest BCUT2D eigenvalue weighted by molar-refractivity contribution is 0.0378. The van der Waals surface area contributed by atoms with E-state index in [9.17, 15) is 9.90 Å². The fourth-order valence-corrected chi connectivity index (χ4v) is 2.73. The summed E-state index contributed by atoms with van der Waals surface area (Å²) in [4.78, 5) is 16.7. The highest BCUT2D eigenvalue weighted by atomic mass is 127. The normalized spacial score (nSPS) is 13.2. The molecule has 8 heteroatoms. The molecule has 1 aromatic heterocycles. The van der Waals surface area contributed by atoms with Crippen LogP contribution in [0, 0.1) is 6.92 Å². The minimum atomic E-state index is -1.16. The van der Waals surface area contributed by atoms with Gasteiger partial charge in [0.25, 0.3) is 5.91 Å². The molecule has 0 spiro atoms. The first-order valence-electron chi connectivity index (χ1n) is 10.0. The number of guanidine groups is 1. The molecule has 4 N–H and O–H groups in total. The van der Waals surface area contributed by atoms with E-state index < -0.39 is 5.60 Å². The summed E-state index contributed by atoms with van der Waals surface area (Å²) in [6.07, 6.45) is 0.898. The summed E-state index contributed by atoms with van der Waals surface area (Å²) in [5.74, 6) is 1.76. The van der Waals surface area contributed by atoms with Gasteiger partial charge in [0.05, 0.1) is 13.1 Å². The van der Waals surface area contributed by atoms with Crippen molar-refractivity contribution in [2.24, 2.45) is 4.99 Å². The van der Waals surface area contributed by atoms with Gasteiger partial charge in [-0.05, 0) is 57.0 Å². The van der Waals surface area contributed by atoms with Crippen molar-refractivity contribution < 1.29 is 14.3 Å². The molecule has 0 aliphatic rings. The maximum atomic E-state index is 12.1. The lowest BCUT2D eigenvalue weighted by Crippen LogP contribution is -2.44. The Balaban J connectivity index is 0.00000450. The van der Waals surface area contributed by atoms with E-state index >= 15 is 0 Å². The molecule has 0 bridgehead atoms. The fourth-order valence-electron chi connectivity index (χ4n) is 2.73. The summed E-state index contributed by atoms with van der Waals surface area (Å²) in [5.41, 5.74) is 0.391. The molecule has 1 aromatic carbocycles. The first-order chi connectivity index (χ1) is 13.9. The number of aliphatic imine (C=N–C) groups is 1. The van der Waals surface area contributed by atoms with Crippen molar-refractivity contribution in [1.82, 2.24) is 16.0 Å². The zero-order chi connectivity index (χ0) is 21.3. The van der Waals surface area contributed by atoms with Gasteiger partial charge in [0.1, 0.15) is 17.1 Å². The number of nitrogens with zero attached hydrogens (tertiary/aromatic N) is 1. The Morgan fingerprint density at radius 2 is 1.93 bits per heavy atom. The van der Waals surface area contributed by atoms with Gasteiger partial charge >= 0.3 is 0 Å². The number of hydrogen-bond donors (Lipinski definition) is 4. The number of aryl methyl sites for hydroxylation is 1. The Morgan fingerprint density at radius 3 is 2.57 bits per heavy atom. The minimum absolute atomic E-state index is 0. The Kier molecular flexibility index (Phi) is 10.9. The van der Waals surface area contributed by atoms with Crippen LogP contribution in [0.4, 0.5) is 0 Å². The van der Waals surface area contributed by atoms with Gasteiger partial charge in [0, 0.05) is 18.7 Å². The Morgan fingerprint density at radius 1 is 1.17 bits per heavy atom. The molecule has 1 amide bonds. The van der Waals surface area contributed by atoms with Crippen LogP contribution in [0.3, 0.4) is 0 Å². The molecule has 166 valence electrons. The first-order valence-corrected chi connectivity index (χ1v) is 10.0. The van der Waals surface area contributed by atoms with E-state index in [-0.39, 0.29) is 36.4 Å². The lowest BCUT2D eigenvalue weighted by atomic mass is 10.0. The van der Waals surface area contributed by atoms with Crippen molar-refractivity contribution in [3.63, 3.8) is 0 Å². The molecule has 0 fully saturated rings. The predicted octanol–water partition coefficient (Wildman–Crippen LogP) is 3.31. The van der Waals surface area contributed by atoms with Gasteiger partial charge in [-0.25, -0.2) is 4.99 Å². The molecule has 2 rings (SSSR count). The summed E-state index contributed by atoms with van der Waals surface area (Å²) in [6.45, 7) is 9.53. The van der Waals surface area contributed by atoms with Gasteiger partial charge in [-0.3, -0.25) is 4.79 Å². The van der Waals surface area contributed by atoms with Gasteiger partial charge in [0.2, 0.25) is 0 Å². The summed E-state index contributed by atoms with van der Waals surface area (Å²) < 4.78 is 5.55. The van der Waals surface area contributed by atoms with Gasteiger partial charge in [-0.1, -0.05) is 19.1 Å². The van der Waals surface area contributed by atoms with Crippen molar-refractivity contribution >= 4 is 35.8 Å². The number of nitrogens with one attached hydrogen (secondary N) is 3. The first kappa shape index (κ1) is 26.0. The number of aliphatic hydroxyl groups is 1. The third-order valence-corrected chi connectivity index (χ3v) is 4.36. The van der Waals surface area contributed by atoms with Gasteiger partial charge < -0.3 is 25.5 Å². The highest BCUT2D eigenvalue weighted by molar-refractivity contribution is 14.0. The van der Waals surface area contributed by atoms with Crippen LogP contribution in [0.25, 0.3) is 0 Å². The number of amides is 1. The Labute approximate surface area is 195 Å². The van der Waals surface area contributed by atoms with Crippen molar-refractivity contribution in [1.29, 1.82) is 0 Å². The van der Waals surface area contributed by atoms with Gasteiger partial charge in [0.15, 0.2) is 5.96 Å². The predicted molar refractivity (Wildman–Crippen MR) is 130 cm³/mol. The quantitative estimate of drug-likeness (QED) is 0.228. The summed E-state index contributed by atoms with van der Waals surface area (Å²) in [5, 5.41) is 19.9. The zero-order valence-electron chi connectivity index (χ0n) is 18.1. The molecule has 1 atom stereocenters. The van der Waals surface area contributed by atoms with Gasteiger partial charge in [-0.2, -0.15) is 0 Å². The number of hydrogen-bond acceptors (Lipinski definition) is 4. The second-order valence-corrected chi connectivity index (χ2v) is 7.19. The third-order valence-electron chi connectivity index (χ3n) is 4.36. The standard InChI is InChI=1S/C22H32N4O3.HI/c1-5-12-24-20(27)18-9-7-8-17(13-18)14-25-21(23-6-2)26-15-22(4,28)19-11-10-16(3)29-19;/h7-11,13,28H,5-6,12,14-15H2,1-4H3,(H,24,27)(H2,23,25,26);1H. The molecule has 0 aliphatic carbocycles. The highest BCUT2D eigenvalue weighted by Crippen LogP contribution is 2.21. The monoisotopic (exact) mass is 528 g/mol. The van der Waals surface area contributed by atoms with Crippen LogP contribution in [0.1, 0.15) is 54.6 Å². The van der Waals surface area contributed by atoms with Crippen molar-refractivity contribution in [2.45, 2.75) is 46.3 Å². The second kappa shape index (κ2) is 12.6. The molecule has 0 saturated heterocycles. The van der Waals surface area contributed by atoms with Crippen LogP contribution < -0.4 is 16.0 Å². The largest absolute Gasteiger partial charge is 0.463 e. The maximum Gasteiger partial charge on any atom is 0.251 e. The molecule has 1 heterocycles. The van der Waals surface area contributed by atoms with Gasteiger partial charge in [-0.15, -0.1) is 24.0 Å². The summed E-state index contributed by atoms with van der Waals surface area (Å²) in [7, 11) is 0. The number of halogens is 1. The van der Waals surface area contributed by atoms with Crippen LogP contribution in [0.2, 0.25) is 0 Å². The van der Waals surface area contributed by atoms with Crippen LogP contribution in [-0.4, -0.2) is 36.6 Å². The number of carbonyl (C=O) groups excluding carboxylic acids is 1. The topological polar surface area (TPSA) is 98.9 Å². The molecule has 0 aliphatic heterocycles. The van der Waals surface area contributed by atoms with E-state index in [1.807, 2.05) is 45.0 Å². The van der Waals surface area contributed by atoms with E-state index in [0.717, 1.165) is 17.7 Å². The van der Waals surface area contributed by atoms with E-state index in [1.165, 1.54) is 0 Å². The fraction of sp³-hybridized carbons (Fsp3) is 0.455. The van der Waals surface area contributed by atoms with Crippen molar-refractivity contribution in [3.8, 4) is 0 Å². The summed E-state index contributed by atoms with van der Waals surface area (Å²) >= 11 is 0. The molecule has 1 unspecified atom stereocenters. The number of carbonyl (C=O) groups is 1. The highest BCUT2D eigenvalue weighted by Gasteiger charge is 2.27. The van der Waals surface area contributed by atoms with Crippen molar-refractivity contribution in [3.05, 3.63) is 59.0 Å². The lowest BCUT2D eigenvalue weighted by Gasteiger charge is -2.22. The zero-order valence-corrected chi connectivity index (χ0v) is 20.4. The number of benzene rings is 1. The molecule has 0 radical (unpaired) electrons. The average Bonchev–Trinajstić information content (AvgIpc) is 3.16.